The molecular formula is C10H20N2. The van der Waals surface area contributed by atoms with Crippen molar-refractivity contribution in [3.05, 3.63) is 0 Å². The van der Waals surface area contributed by atoms with E-state index in [9.17, 15) is 0 Å². The Kier molecular flexibility index (Phi) is 1.92. The predicted molar refractivity (Wildman–Crippen MR) is 51.3 cm³/mol. The van der Waals surface area contributed by atoms with Crippen LogP contribution in [0.1, 0.15) is 19.8 Å². The Morgan fingerprint density at radius 2 is 2.08 bits per heavy atom. The zero-order valence-corrected chi connectivity index (χ0v) is 8.51. The lowest BCUT2D eigenvalue weighted by Crippen LogP contribution is -2.36. The third kappa shape index (κ3) is 1.17. The van der Waals surface area contributed by atoms with Gasteiger partial charge >= 0.3 is 0 Å². The Balaban J connectivity index is 2.04. The fourth-order valence-corrected chi connectivity index (χ4v) is 2.66. The van der Waals surface area contributed by atoms with Crippen LogP contribution in [0.2, 0.25) is 0 Å². The van der Waals surface area contributed by atoms with Gasteiger partial charge in [-0.3, -0.25) is 0 Å². The Bertz CT molecular complexity index is 173. The lowest BCUT2D eigenvalue weighted by molar-refractivity contribution is 0.237. The van der Waals surface area contributed by atoms with Gasteiger partial charge in [0, 0.05) is 19.1 Å². The average Bonchev–Trinajstić information content (AvgIpc) is 2.64. The van der Waals surface area contributed by atoms with Crippen LogP contribution in [0.4, 0.5) is 0 Å². The Morgan fingerprint density at radius 3 is 2.42 bits per heavy atom. The molecule has 1 atom stereocenters. The molecule has 0 amide bonds. The molecule has 1 aliphatic carbocycles. The van der Waals surface area contributed by atoms with Gasteiger partial charge in [-0.25, -0.2) is 0 Å². The van der Waals surface area contributed by atoms with E-state index in [1.807, 2.05) is 0 Å². The summed E-state index contributed by atoms with van der Waals surface area (Å²) >= 11 is 0. The lowest BCUT2D eigenvalue weighted by atomic mass is 10.0. The Morgan fingerprint density at radius 1 is 1.42 bits per heavy atom. The number of likely N-dealkylation sites (tertiary alicyclic amines) is 1. The molecule has 2 heteroatoms. The molecule has 2 rings (SSSR count). The third-order valence-electron chi connectivity index (χ3n) is 3.64. The zero-order chi connectivity index (χ0) is 8.77. The monoisotopic (exact) mass is 168 g/mol. The zero-order valence-electron chi connectivity index (χ0n) is 8.51. The van der Waals surface area contributed by atoms with Gasteiger partial charge in [-0.1, -0.05) is 6.92 Å². The molecule has 2 fully saturated rings. The number of hydrogen-bond donors (Lipinski definition) is 0. The molecule has 1 heterocycles. The van der Waals surface area contributed by atoms with E-state index >= 15 is 0 Å². The summed E-state index contributed by atoms with van der Waals surface area (Å²) in [5.74, 6) is 0. The molecule has 2 aliphatic rings. The summed E-state index contributed by atoms with van der Waals surface area (Å²) in [7, 11) is 4.45. The van der Waals surface area contributed by atoms with E-state index in [2.05, 4.69) is 30.8 Å². The highest BCUT2D eigenvalue weighted by Crippen LogP contribution is 2.53. The molecule has 2 nitrogen and oxygen atoms in total. The minimum atomic E-state index is 0.708. The number of nitrogens with zero attached hydrogens (tertiary/aromatic N) is 2. The van der Waals surface area contributed by atoms with Crippen molar-refractivity contribution in [1.29, 1.82) is 0 Å². The molecule has 0 aromatic rings. The molecule has 0 N–H and O–H groups in total. The second-order valence-corrected chi connectivity index (χ2v) is 4.67. The van der Waals surface area contributed by atoms with E-state index in [1.54, 1.807) is 0 Å². The van der Waals surface area contributed by atoms with Crippen molar-refractivity contribution >= 4 is 0 Å². The number of likely N-dealkylation sites (N-methyl/N-ethyl adjacent to an activating group) is 2. The SMILES string of the molecule is CCN1CC(N(C)C)C2(CC2)C1. The second-order valence-electron chi connectivity index (χ2n) is 4.67. The van der Waals surface area contributed by atoms with Crippen LogP contribution in [0, 0.1) is 5.41 Å². The number of hydrogen-bond acceptors (Lipinski definition) is 2. The number of rotatable bonds is 2. The quantitative estimate of drug-likeness (QED) is 0.607. The van der Waals surface area contributed by atoms with E-state index < -0.39 is 0 Å². The first kappa shape index (κ1) is 8.52. The Hall–Kier alpha value is -0.0800. The standard InChI is InChI=1S/C10H20N2/c1-4-12-7-9(11(2)3)10(8-12)5-6-10/h9H,4-8H2,1-3H3. The maximum atomic E-state index is 2.59. The van der Waals surface area contributed by atoms with Crippen molar-refractivity contribution in [2.24, 2.45) is 5.41 Å². The summed E-state index contributed by atoms with van der Waals surface area (Å²) in [5.41, 5.74) is 0.708. The van der Waals surface area contributed by atoms with E-state index in [-0.39, 0.29) is 0 Å². The van der Waals surface area contributed by atoms with Crippen molar-refractivity contribution in [2.45, 2.75) is 25.8 Å². The maximum Gasteiger partial charge on any atom is 0.0285 e. The van der Waals surface area contributed by atoms with Crippen LogP contribution >= 0.6 is 0 Å². The van der Waals surface area contributed by atoms with Gasteiger partial charge in [0.1, 0.15) is 0 Å². The summed E-state index contributed by atoms with van der Waals surface area (Å²) in [5, 5.41) is 0. The fourth-order valence-electron chi connectivity index (χ4n) is 2.66. The summed E-state index contributed by atoms with van der Waals surface area (Å²) in [4.78, 5) is 5.01. The van der Waals surface area contributed by atoms with Crippen LogP contribution in [0.3, 0.4) is 0 Å². The van der Waals surface area contributed by atoms with Crippen LogP contribution in [0.25, 0.3) is 0 Å². The highest BCUT2D eigenvalue weighted by molar-refractivity contribution is 5.09. The first-order valence-corrected chi connectivity index (χ1v) is 5.07. The van der Waals surface area contributed by atoms with E-state index in [0.717, 1.165) is 6.04 Å². The molecule has 0 aromatic carbocycles. The van der Waals surface area contributed by atoms with Gasteiger partial charge < -0.3 is 9.80 Å². The fraction of sp³-hybridized carbons (Fsp3) is 1.00. The normalized spacial score (nSPS) is 33.5. The van der Waals surface area contributed by atoms with E-state index in [1.165, 1.54) is 32.5 Å². The predicted octanol–water partition coefficient (Wildman–Crippen LogP) is 1.03. The summed E-state index contributed by atoms with van der Waals surface area (Å²) in [6, 6.07) is 0.831. The largest absolute Gasteiger partial charge is 0.305 e. The minimum absolute atomic E-state index is 0.708. The first-order chi connectivity index (χ1) is 5.68. The van der Waals surface area contributed by atoms with Crippen LogP contribution in [-0.4, -0.2) is 49.6 Å². The van der Waals surface area contributed by atoms with Crippen molar-refractivity contribution < 1.29 is 0 Å². The molecular weight excluding hydrogens is 148 g/mol. The second kappa shape index (κ2) is 2.71. The van der Waals surface area contributed by atoms with E-state index in [4.69, 9.17) is 0 Å². The topological polar surface area (TPSA) is 6.48 Å². The maximum absolute atomic E-state index is 2.59. The third-order valence-corrected chi connectivity index (χ3v) is 3.64. The van der Waals surface area contributed by atoms with Crippen LogP contribution in [0.5, 0.6) is 0 Å². The molecule has 1 saturated carbocycles. The molecule has 0 bridgehead atoms. The lowest BCUT2D eigenvalue weighted by Gasteiger charge is -2.24. The van der Waals surface area contributed by atoms with Gasteiger partial charge in [-0.05, 0) is 38.9 Å². The average molecular weight is 168 g/mol. The molecule has 70 valence electrons. The minimum Gasteiger partial charge on any atom is -0.305 e. The van der Waals surface area contributed by atoms with Gasteiger partial charge in [0.2, 0.25) is 0 Å². The summed E-state index contributed by atoms with van der Waals surface area (Å²) < 4.78 is 0. The molecule has 0 radical (unpaired) electrons. The molecule has 1 aliphatic heterocycles. The highest BCUT2D eigenvalue weighted by Gasteiger charge is 2.55. The first-order valence-electron chi connectivity index (χ1n) is 5.07. The molecule has 1 saturated heterocycles. The van der Waals surface area contributed by atoms with Crippen LogP contribution in [-0.2, 0) is 0 Å². The summed E-state index contributed by atoms with van der Waals surface area (Å²) in [6.45, 7) is 6.15. The highest BCUT2D eigenvalue weighted by atomic mass is 15.3. The van der Waals surface area contributed by atoms with Crippen LogP contribution < -0.4 is 0 Å². The molecule has 1 spiro atoms. The molecule has 0 aromatic heterocycles. The van der Waals surface area contributed by atoms with Crippen molar-refractivity contribution in [2.75, 3.05) is 33.7 Å². The molecule has 1 unspecified atom stereocenters. The van der Waals surface area contributed by atoms with Gasteiger partial charge in [-0.2, -0.15) is 0 Å². The van der Waals surface area contributed by atoms with Crippen molar-refractivity contribution in [3.63, 3.8) is 0 Å². The Labute approximate surface area is 75.5 Å². The van der Waals surface area contributed by atoms with Gasteiger partial charge in [0.15, 0.2) is 0 Å². The van der Waals surface area contributed by atoms with Gasteiger partial charge in [-0.15, -0.1) is 0 Å². The smallest absolute Gasteiger partial charge is 0.0285 e. The van der Waals surface area contributed by atoms with Crippen LogP contribution in [0.15, 0.2) is 0 Å². The van der Waals surface area contributed by atoms with Gasteiger partial charge in [0.25, 0.3) is 0 Å². The van der Waals surface area contributed by atoms with E-state index in [0.29, 0.717) is 5.41 Å². The molecule has 12 heavy (non-hydrogen) atoms. The van der Waals surface area contributed by atoms with Crippen molar-refractivity contribution in [1.82, 2.24) is 9.80 Å². The van der Waals surface area contributed by atoms with Crippen molar-refractivity contribution in [3.8, 4) is 0 Å². The summed E-state index contributed by atoms with van der Waals surface area (Å²) in [6.07, 6.45) is 2.93. The van der Waals surface area contributed by atoms with Gasteiger partial charge in [0.05, 0.1) is 0 Å².